The van der Waals surface area contributed by atoms with E-state index in [-0.39, 0.29) is 5.97 Å². The van der Waals surface area contributed by atoms with E-state index in [1.165, 1.54) is 12.8 Å². The van der Waals surface area contributed by atoms with Crippen LogP contribution in [0.15, 0.2) is 12.2 Å². The van der Waals surface area contributed by atoms with Crippen molar-refractivity contribution in [3.05, 3.63) is 12.2 Å². The van der Waals surface area contributed by atoms with Crippen molar-refractivity contribution in [3.63, 3.8) is 0 Å². The second-order valence-electron chi connectivity index (χ2n) is 11.2. The maximum absolute atomic E-state index is 12.6. The van der Waals surface area contributed by atoms with Crippen LogP contribution < -0.4 is 0 Å². The Bertz CT molecular complexity index is 578. The molecule has 0 heterocycles. The van der Waals surface area contributed by atoms with E-state index >= 15 is 0 Å². The van der Waals surface area contributed by atoms with Crippen LogP contribution in [0.25, 0.3) is 0 Å². The molecule has 0 saturated heterocycles. The zero-order valence-corrected chi connectivity index (χ0v) is 26.4. The lowest BCUT2D eigenvalue weighted by Crippen LogP contribution is -2.59. The number of rotatable bonds is 15. The molecule has 31 heavy (non-hydrogen) atoms. The van der Waals surface area contributed by atoms with E-state index in [4.69, 9.17) is 16.8 Å². The molecule has 0 spiro atoms. The van der Waals surface area contributed by atoms with Crippen molar-refractivity contribution >= 4 is 40.0 Å². The number of carbonyl (C=O) groups is 1. The molecule has 9 heteroatoms. The van der Waals surface area contributed by atoms with Gasteiger partial charge in [-0.2, -0.15) is 0 Å². The molecule has 0 unspecified atom stereocenters. The molecule has 0 bridgehead atoms. The first-order valence-corrected chi connectivity index (χ1v) is 22.8. The average molecular weight is 507 g/mol. The van der Waals surface area contributed by atoms with Gasteiger partial charge in [0.2, 0.25) is 0 Å². The van der Waals surface area contributed by atoms with Crippen molar-refractivity contribution in [1.82, 2.24) is 0 Å². The van der Waals surface area contributed by atoms with Gasteiger partial charge in [-0.15, -0.1) is 0 Å². The lowest BCUT2D eigenvalue weighted by molar-refractivity contribution is -0.132. The Morgan fingerprint density at radius 2 is 1.29 bits per heavy atom. The summed E-state index contributed by atoms with van der Waals surface area (Å²) in [4.78, 5) is 12.6. The molecule has 0 aromatic carbocycles. The molecule has 0 aromatic rings. The van der Waals surface area contributed by atoms with E-state index in [2.05, 4.69) is 80.5 Å². The summed E-state index contributed by atoms with van der Waals surface area (Å²) in [7, 11) is -9.68. The molecular weight excluding hydrogens is 457 g/mol. The molecule has 0 rings (SSSR count). The van der Waals surface area contributed by atoms with Crippen molar-refractivity contribution in [2.45, 2.75) is 112 Å². The van der Waals surface area contributed by atoms with Gasteiger partial charge in [0, 0.05) is 17.7 Å². The topological polar surface area (TPSA) is 54.0 Å². The second-order valence-corrected chi connectivity index (χ2v) is 26.2. The highest BCUT2D eigenvalue weighted by molar-refractivity contribution is 6.89. The van der Waals surface area contributed by atoms with Gasteiger partial charge in [0.25, 0.3) is 0 Å². The SMILES string of the molecule is C=C(C)C(=O)O[Si](CC(C)C)(CC(C)C)O[Si](C)(C)O[Si](C)(C)O[Si](C)(C)CCCC. The van der Waals surface area contributed by atoms with Crippen LogP contribution in [-0.2, 0) is 21.6 Å². The highest BCUT2D eigenvalue weighted by Crippen LogP contribution is 2.33. The van der Waals surface area contributed by atoms with Crippen LogP contribution in [0.3, 0.4) is 0 Å². The molecule has 0 aliphatic rings. The molecule has 184 valence electrons. The molecule has 0 amide bonds. The lowest BCUT2D eigenvalue weighted by Gasteiger charge is -2.43. The second kappa shape index (κ2) is 12.4. The van der Waals surface area contributed by atoms with Crippen molar-refractivity contribution in [3.8, 4) is 0 Å². The lowest BCUT2D eigenvalue weighted by atomic mass is 10.3. The summed E-state index contributed by atoms with van der Waals surface area (Å²) in [5, 5.41) is 0. The zero-order valence-electron chi connectivity index (χ0n) is 22.4. The fraction of sp³-hybridized carbons (Fsp3) is 0.864. The van der Waals surface area contributed by atoms with Gasteiger partial charge < -0.3 is 16.8 Å². The standard InChI is InChI=1S/C22H50O5Si4/c1-14-15-16-28(8,9)25-29(10,11)26-30(12,13)27-31(17-19(2)3,18-20(4)5)24-22(23)21(6)7/h19-20H,6,14-18H2,1-5,7-13H3. The minimum absolute atomic E-state index is 0.348. The number of unbranched alkanes of at least 4 members (excludes halogenated alkanes) is 1. The zero-order chi connectivity index (χ0) is 24.7. The monoisotopic (exact) mass is 506 g/mol. The minimum atomic E-state index is -2.86. The smallest absolute Gasteiger partial charge is 0.393 e. The van der Waals surface area contributed by atoms with Crippen LogP contribution in [0.5, 0.6) is 0 Å². The molecule has 0 N–H and O–H groups in total. The molecule has 0 saturated carbocycles. The fourth-order valence-electron chi connectivity index (χ4n) is 4.17. The Morgan fingerprint density at radius 3 is 1.68 bits per heavy atom. The van der Waals surface area contributed by atoms with E-state index in [0.717, 1.165) is 18.1 Å². The molecule has 0 aliphatic carbocycles. The predicted octanol–water partition coefficient (Wildman–Crippen LogP) is 7.32. The molecular formula is C22H50O5Si4. The molecule has 0 atom stereocenters. The van der Waals surface area contributed by atoms with Crippen molar-refractivity contribution in [2.75, 3.05) is 0 Å². The summed E-state index contributed by atoms with van der Waals surface area (Å²) < 4.78 is 26.3. The van der Waals surface area contributed by atoms with E-state index in [9.17, 15) is 4.79 Å². The molecule has 0 radical (unpaired) electrons. The summed E-state index contributed by atoms with van der Waals surface area (Å²) in [5.41, 5.74) is 0.412. The Labute approximate surface area is 197 Å². The van der Waals surface area contributed by atoms with Gasteiger partial charge in [-0.3, -0.25) is 0 Å². The van der Waals surface area contributed by atoms with Crippen molar-refractivity contribution < 1.29 is 21.6 Å². The first-order valence-electron chi connectivity index (χ1n) is 11.8. The number of carbonyl (C=O) groups excluding carboxylic acids is 1. The average Bonchev–Trinajstić information content (AvgIpc) is 2.47. The largest absolute Gasteiger partial charge is 0.491 e. The van der Waals surface area contributed by atoms with E-state index in [1.807, 2.05) is 0 Å². The Morgan fingerprint density at radius 1 is 0.839 bits per heavy atom. The maximum Gasteiger partial charge on any atom is 0.393 e. The third kappa shape index (κ3) is 13.3. The third-order valence-electron chi connectivity index (χ3n) is 4.64. The molecule has 0 aliphatic heterocycles. The van der Waals surface area contributed by atoms with Crippen LogP contribution in [0.1, 0.15) is 54.4 Å². The van der Waals surface area contributed by atoms with Gasteiger partial charge in [0.05, 0.1) is 0 Å². The highest BCUT2D eigenvalue weighted by Gasteiger charge is 2.50. The first kappa shape index (κ1) is 31.0. The van der Waals surface area contributed by atoms with Gasteiger partial charge in [0.1, 0.15) is 0 Å². The Hall–Kier alpha value is -0.0425. The van der Waals surface area contributed by atoms with Gasteiger partial charge in [-0.1, -0.05) is 54.0 Å². The summed E-state index contributed by atoms with van der Waals surface area (Å²) in [5.74, 6) is 0.365. The Balaban J connectivity index is 5.75. The first-order chi connectivity index (χ1) is 13.8. The highest BCUT2D eigenvalue weighted by atomic mass is 28.5. The van der Waals surface area contributed by atoms with Crippen LogP contribution in [0.4, 0.5) is 0 Å². The molecule has 5 nitrogen and oxygen atoms in total. The number of hydrogen-bond acceptors (Lipinski definition) is 5. The van der Waals surface area contributed by atoms with Crippen molar-refractivity contribution in [1.29, 1.82) is 0 Å². The van der Waals surface area contributed by atoms with Gasteiger partial charge >= 0.3 is 31.7 Å². The predicted molar refractivity (Wildman–Crippen MR) is 141 cm³/mol. The molecule has 0 aromatic heterocycles. The Kier molecular flexibility index (Phi) is 12.4. The summed E-state index contributed by atoms with van der Waals surface area (Å²) in [6.45, 7) is 29.2. The van der Waals surface area contributed by atoms with E-state index in [0.29, 0.717) is 17.4 Å². The van der Waals surface area contributed by atoms with Gasteiger partial charge in [0.15, 0.2) is 8.32 Å². The third-order valence-corrected chi connectivity index (χ3v) is 21.2. The van der Waals surface area contributed by atoms with E-state index < -0.39 is 34.0 Å². The minimum Gasteiger partial charge on any atom is -0.491 e. The normalized spacial score (nSPS) is 13.7. The molecule has 0 fully saturated rings. The summed E-state index contributed by atoms with van der Waals surface area (Å²) >= 11 is 0. The van der Waals surface area contributed by atoms with Crippen LogP contribution >= 0.6 is 0 Å². The quantitative estimate of drug-likeness (QED) is 0.172. The van der Waals surface area contributed by atoms with E-state index in [1.54, 1.807) is 6.92 Å². The fourth-order valence-corrected chi connectivity index (χ4v) is 24.7. The van der Waals surface area contributed by atoms with Crippen molar-refractivity contribution in [2.24, 2.45) is 11.8 Å². The number of hydrogen-bond donors (Lipinski definition) is 0. The van der Waals surface area contributed by atoms with Crippen LogP contribution in [-0.4, -0.2) is 40.0 Å². The summed E-state index contributed by atoms with van der Waals surface area (Å²) in [6, 6.07) is 2.65. The van der Waals surface area contributed by atoms with Crippen LogP contribution in [0, 0.1) is 11.8 Å². The maximum atomic E-state index is 12.6. The van der Waals surface area contributed by atoms with Gasteiger partial charge in [-0.25, -0.2) is 4.79 Å². The van der Waals surface area contributed by atoms with Crippen LogP contribution in [0.2, 0.25) is 57.4 Å². The van der Waals surface area contributed by atoms with Gasteiger partial charge in [-0.05, 0) is 64.1 Å². The summed E-state index contributed by atoms with van der Waals surface area (Å²) in [6.07, 6.45) is 2.37.